The number of rotatable bonds is 39. The molecule has 0 heterocycles. The number of allylic oxidation sites excluding steroid dienone is 22. The highest BCUT2D eigenvalue weighted by Crippen LogP contribution is 2.10. The van der Waals surface area contributed by atoms with Gasteiger partial charge in [0, 0.05) is 19.3 Å². The quantitative estimate of drug-likeness (QED) is 0.0262. The summed E-state index contributed by atoms with van der Waals surface area (Å²) < 4.78 is 17.1. The van der Waals surface area contributed by atoms with Crippen LogP contribution in [0.2, 0.25) is 0 Å². The van der Waals surface area contributed by atoms with Crippen LogP contribution in [0.4, 0.5) is 0 Å². The monoisotopic (exact) mass is 858 g/mol. The van der Waals surface area contributed by atoms with Crippen LogP contribution < -0.4 is 5.11 Å². The third kappa shape index (κ3) is 40.9. The summed E-state index contributed by atoms with van der Waals surface area (Å²) in [5.74, 6) is -1.91. The lowest BCUT2D eigenvalue weighted by atomic mass is 10.1. The molecule has 0 aromatic rings. The summed E-state index contributed by atoms with van der Waals surface area (Å²) >= 11 is 0. The molecule has 0 aliphatic heterocycles. The average Bonchev–Trinajstić information content (AvgIpc) is 3.23. The highest BCUT2D eigenvalue weighted by atomic mass is 16.6. The van der Waals surface area contributed by atoms with E-state index in [2.05, 4.69) is 135 Å². The topological polar surface area (TPSA) is 102 Å². The number of esters is 2. The minimum Gasteiger partial charge on any atom is -0.544 e. The first-order valence-corrected chi connectivity index (χ1v) is 23.2. The summed E-state index contributed by atoms with van der Waals surface area (Å²) in [4.78, 5) is 36.9. The van der Waals surface area contributed by atoms with Crippen molar-refractivity contribution >= 4 is 17.9 Å². The Morgan fingerprint density at radius 3 is 1.29 bits per heavy atom. The van der Waals surface area contributed by atoms with E-state index in [9.17, 15) is 19.5 Å². The molecule has 346 valence electrons. The Labute approximate surface area is 377 Å². The SMILES string of the molecule is CC/C=C/C/C=C/C/C=C/C/C=C/C/C=C/C/C=C/CCCCCC(=O)OC(COCCC(C(=O)[O-])[N+](C)(C)C)COC(=O)CC/C=C/C/C=C/C/C=C/C/C=C/C/C=C/CC. The Kier molecular flexibility index (Phi) is 40.0. The van der Waals surface area contributed by atoms with Crippen LogP contribution in [0.1, 0.15) is 136 Å². The van der Waals surface area contributed by atoms with Crippen molar-refractivity contribution in [3.05, 3.63) is 134 Å². The van der Waals surface area contributed by atoms with Gasteiger partial charge in [0.1, 0.15) is 12.6 Å². The maximum atomic E-state index is 12.7. The molecule has 0 aromatic heterocycles. The van der Waals surface area contributed by atoms with Gasteiger partial charge in [-0.05, 0) is 96.3 Å². The van der Waals surface area contributed by atoms with E-state index in [0.717, 1.165) is 89.9 Å². The lowest BCUT2D eigenvalue weighted by Gasteiger charge is -2.34. The second kappa shape index (κ2) is 43.1. The Hall–Kier alpha value is -4.53. The number of hydrogen-bond acceptors (Lipinski definition) is 7. The first-order chi connectivity index (χ1) is 30.1. The molecule has 0 aromatic carbocycles. The number of carbonyl (C=O) groups is 3. The van der Waals surface area contributed by atoms with Crippen molar-refractivity contribution in [2.24, 2.45) is 0 Å². The molecule has 0 fully saturated rings. The summed E-state index contributed by atoms with van der Waals surface area (Å²) in [6.45, 7) is 4.28. The van der Waals surface area contributed by atoms with Crippen molar-refractivity contribution < 1.29 is 38.2 Å². The molecule has 8 heteroatoms. The lowest BCUT2D eigenvalue weighted by Crippen LogP contribution is -2.55. The minimum absolute atomic E-state index is 0.00656. The fourth-order valence-electron chi connectivity index (χ4n) is 5.77. The largest absolute Gasteiger partial charge is 0.544 e. The summed E-state index contributed by atoms with van der Waals surface area (Å²) in [5.41, 5.74) is 0. The van der Waals surface area contributed by atoms with Crippen LogP contribution in [0.3, 0.4) is 0 Å². The van der Waals surface area contributed by atoms with Crippen molar-refractivity contribution in [3.63, 3.8) is 0 Å². The smallest absolute Gasteiger partial charge is 0.306 e. The van der Waals surface area contributed by atoms with Gasteiger partial charge in [0.05, 0.1) is 40.3 Å². The summed E-state index contributed by atoms with van der Waals surface area (Å²) in [5, 5.41) is 11.6. The molecule has 8 nitrogen and oxygen atoms in total. The first-order valence-electron chi connectivity index (χ1n) is 23.2. The molecule has 0 saturated carbocycles. The van der Waals surface area contributed by atoms with Crippen LogP contribution in [0.5, 0.6) is 0 Å². The number of ether oxygens (including phenoxy) is 3. The molecule has 0 spiro atoms. The fourth-order valence-corrected chi connectivity index (χ4v) is 5.77. The van der Waals surface area contributed by atoms with Crippen LogP contribution in [-0.4, -0.2) is 75.5 Å². The number of likely N-dealkylation sites (N-methyl/N-ethyl adjacent to an activating group) is 1. The number of carboxylic acid groups (broad SMARTS) is 1. The number of unbranched alkanes of at least 4 members (excludes halogenated alkanes) is 3. The highest BCUT2D eigenvalue weighted by Gasteiger charge is 2.25. The molecule has 0 bridgehead atoms. The third-order valence-corrected chi connectivity index (χ3v) is 9.30. The fraction of sp³-hybridized carbons (Fsp3) is 0.537. The van der Waals surface area contributed by atoms with E-state index in [1.54, 1.807) is 21.1 Å². The zero-order valence-corrected chi connectivity index (χ0v) is 39.2. The van der Waals surface area contributed by atoms with Crippen molar-refractivity contribution in [1.82, 2.24) is 0 Å². The van der Waals surface area contributed by atoms with Crippen molar-refractivity contribution in [3.8, 4) is 0 Å². The number of hydrogen-bond donors (Lipinski definition) is 0. The number of carbonyl (C=O) groups excluding carboxylic acids is 3. The van der Waals surface area contributed by atoms with Crippen molar-refractivity contribution in [1.29, 1.82) is 0 Å². The van der Waals surface area contributed by atoms with Gasteiger partial charge in [-0.3, -0.25) is 9.59 Å². The van der Waals surface area contributed by atoms with Crippen LogP contribution >= 0.6 is 0 Å². The van der Waals surface area contributed by atoms with Gasteiger partial charge in [-0.1, -0.05) is 154 Å². The van der Waals surface area contributed by atoms with Crippen LogP contribution in [0.25, 0.3) is 0 Å². The van der Waals surface area contributed by atoms with Gasteiger partial charge in [0.15, 0.2) is 6.10 Å². The second-order valence-electron chi connectivity index (χ2n) is 15.9. The van der Waals surface area contributed by atoms with Crippen molar-refractivity contribution in [2.75, 3.05) is 41.0 Å². The predicted octanol–water partition coefficient (Wildman–Crippen LogP) is 11.9. The number of aliphatic carboxylic acids is 1. The number of quaternary nitrogens is 1. The molecule has 0 aliphatic carbocycles. The minimum atomic E-state index is -1.15. The Morgan fingerprint density at radius 1 is 0.484 bits per heavy atom. The average molecular weight is 858 g/mol. The molecule has 0 amide bonds. The van der Waals surface area contributed by atoms with E-state index < -0.39 is 18.1 Å². The molecule has 0 rings (SSSR count). The molecule has 2 atom stereocenters. The molecule has 62 heavy (non-hydrogen) atoms. The maximum Gasteiger partial charge on any atom is 0.306 e. The normalized spacial score (nSPS) is 14.1. The van der Waals surface area contributed by atoms with Crippen LogP contribution in [0.15, 0.2) is 134 Å². The van der Waals surface area contributed by atoms with Gasteiger partial charge in [0.2, 0.25) is 0 Å². The van der Waals surface area contributed by atoms with Crippen molar-refractivity contribution in [2.45, 2.75) is 148 Å². The molecular weight excluding hydrogens is 775 g/mol. The van der Waals surface area contributed by atoms with E-state index in [-0.39, 0.29) is 55.5 Å². The number of nitrogens with zero attached hydrogens (tertiary/aromatic N) is 1. The van der Waals surface area contributed by atoms with Gasteiger partial charge in [-0.15, -0.1) is 0 Å². The zero-order valence-electron chi connectivity index (χ0n) is 39.2. The van der Waals surface area contributed by atoms with E-state index in [4.69, 9.17) is 14.2 Å². The molecule has 0 radical (unpaired) electrons. The molecular formula is C54H83NO7. The van der Waals surface area contributed by atoms with E-state index in [0.29, 0.717) is 12.8 Å². The van der Waals surface area contributed by atoms with Gasteiger partial charge < -0.3 is 28.6 Å². The van der Waals surface area contributed by atoms with E-state index >= 15 is 0 Å². The molecule has 0 saturated heterocycles. The third-order valence-electron chi connectivity index (χ3n) is 9.30. The van der Waals surface area contributed by atoms with E-state index in [1.807, 2.05) is 12.2 Å². The van der Waals surface area contributed by atoms with Gasteiger partial charge in [-0.2, -0.15) is 0 Å². The lowest BCUT2D eigenvalue weighted by molar-refractivity contribution is -0.889. The number of carboxylic acids is 1. The first kappa shape index (κ1) is 57.5. The standard InChI is InChI=1S/C54H83NO7/c1-6-8-10-12-14-16-18-20-22-24-25-26-27-28-29-31-33-35-37-39-41-43-45-53(57)62-50(48-60-47-46-51(54(58)59)55(3,4)5)49-61-52(56)44-42-40-38-36-34-32-30-23-21-19-17-15-13-11-9-7-2/h8-11,14-17,20-23,25-26,28-29,32-35,38,40,50-51H,6-7,12-13,18-19,24,27,30-31,36-37,39,41-49H2,1-5H3/b10-8+,11-9+,16-14+,17-15+,22-20+,23-21+,26-25+,29-28+,34-32+,35-33+,40-38+. The summed E-state index contributed by atoms with van der Waals surface area (Å²) in [7, 11) is 5.36. The summed E-state index contributed by atoms with van der Waals surface area (Å²) in [6.07, 6.45) is 62.1. The maximum absolute atomic E-state index is 12.7. The van der Waals surface area contributed by atoms with Crippen LogP contribution in [0, 0.1) is 0 Å². The molecule has 0 N–H and O–H groups in total. The van der Waals surface area contributed by atoms with Gasteiger partial charge in [-0.25, -0.2) is 0 Å². The summed E-state index contributed by atoms with van der Waals surface area (Å²) in [6, 6.07) is -0.752. The zero-order chi connectivity index (χ0) is 45.6. The Bertz CT molecular complexity index is 1470. The van der Waals surface area contributed by atoms with Gasteiger partial charge >= 0.3 is 11.9 Å². The Balaban J connectivity index is 4.52. The molecule has 2 unspecified atom stereocenters. The van der Waals surface area contributed by atoms with Crippen LogP contribution in [-0.2, 0) is 28.6 Å². The van der Waals surface area contributed by atoms with Gasteiger partial charge in [0.25, 0.3) is 0 Å². The molecule has 0 aliphatic rings. The van der Waals surface area contributed by atoms with E-state index in [1.165, 1.54) is 0 Å². The predicted molar refractivity (Wildman–Crippen MR) is 258 cm³/mol. The second-order valence-corrected chi connectivity index (χ2v) is 15.9. The highest BCUT2D eigenvalue weighted by molar-refractivity contribution is 5.70. The Morgan fingerprint density at radius 2 is 0.887 bits per heavy atom.